The molecule has 258 valence electrons. The number of ketones is 1. The number of aromatic nitrogens is 1. The Kier molecular flexibility index (Phi) is 9.73. The Hall–Kier alpha value is -4.78. The van der Waals surface area contributed by atoms with Crippen LogP contribution in [0, 0.1) is 5.92 Å². The third-order valence-electron chi connectivity index (χ3n) is 9.46. The van der Waals surface area contributed by atoms with Crippen molar-refractivity contribution in [2.24, 2.45) is 5.92 Å². The number of carbonyl (C=O) groups excluding carboxylic acids is 4. The first-order valence-corrected chi connectivity index (χ1v) is 18.2. The highest BCUT2D eigenvalue weighted by atomic mass is 32.2. The van der Waals surface area contributed by atoms with E-state index in [0.717, 1.165) is 18.4 Å². The molecule has 0 spiro atoms. The fourth-order valence-corrected chi connectivity index (χ4v) is 7.57. The number of fused-ring (bicyclic) bond motifs is 2. The van der Waals surface area contributed by atoms with E-state index < -0.39 is 50.6 Å². The molecule has 3 aromatic rings. The topological polar surface area (TPSA) is 164 Å². The second-order valence-electron chi connectivity index (χ2n) is 13.1. The summed E-state index contributed by atoms with van der Waals surface area (Å²) in [6.07, 6.45) is 7.03. The lowest BCUT2D eigenvalue weighted by atomic mass is 9.97. The van der Waals surface area contributed by atoms with Crippen LogP contribution in [0.25, 0.3) is 22.2 Å². The van der Waals surface area contributed by atoms with E-state index in [-0.39, 0.29) is 25.0 Å². The highest BCUT2D eigenvalue weighted by Gasteiger charge is 2.61. The van der Waals surface area contributed by atoms with Gasteiger partial charge in [-0.25, -0.2) is 18.2 Å². The van der Waals surface area contributed by atoms with E-state index in [9.17, 15) is 27.6 Å². The van der Waals surface area contributed by atoms with Gasteiger partial charge in [0, 0.05) is 48.5 Å². The molecule has 2 aliphatic carbocycles. The number of carbonyl (C=O) groups is 4. The zero-order valence-corrected chi connectivity index (χ0v) is 28.4. The molecule has 3 N–H and O–H groups in total. The van der Waals surface area contributed by atoms with Gasteiger partial charge in [-0.1, -0.05) is 42.5 Å². The molecule has 0 radical (unpaired) electrons. The lowest BCUT2D eigenvalue weighted by Gasteiger charge is -2.26. The summed E-state index contributed by atoms with van der Waals surface area (Å²) in [4.78, 5) is 60.9. The molecule has 1 aromatic heterocycles. The number of pyridine rings is 1. The quantitative estimate of drug-likeness (QED) is 0.224. The molecule has 3 aliphatic rings. The normalized spacial score (nSPS) is 23.1. The van der Waals surface area contributed by atoms with Crippen LogP contribution in [-0.4, -0.2) is 79.5 Å². The number of benzene rings is 2. The molecule has 4 amide bonds. The smallest absolute Gasteiger partial charge is 0.317 e. The second-order valence-corrected chi connectivity index (χ2v) is 15.0. The molecule has 13 heteroatoms. The lowest BCUT2D eigenvalue weighted by molar-refractivity contribution is -0.130. The Morgan fingerprint density at radius 2 is 1.86 bits per heavy atom. The molecule has 1 aliphatic heterocycles. The second kappa shape index (κ2) is 14.0. The summed E-state index contributed by atoms with van der Waals surface area (Å²) in [5.41, 5.74) is 0.907. The first-order valence-electron chi connectivity index (χ1n) is 16.6. The lowest BCUT2D eigenvalue weighted by Crippen LogP contribution is -2.58. The zero-order valence-electron chi connectivity index (χ0n) is 27.6. The predicted octanol–water partition coefficient (Wildman–Crippen LogP) is 4.11. The van der Waals surface area contributed by atoms with Gasteiger partial charge in [0.25, 0.3) is 5.91 Å². The summed E-state index contributed by atoms with van der Waals surface area (Å²) < 4.78 is 32.9. The largest absolute Gasteiger partial charge is 0.497 e. The van der Waals surface area contributed by atoms with Gasteiger partial charge in [0.2, 0.25) is 15.9 Å². The number of urea groups is 1. The van der Waals surface area contributed by atoms with Gasteiger partial charge in [-0.2, -0.15) is 0 Å². The molecule has 0 unspecified atom stereocenters. The number of hydrogen-bond donors (Lipinski definition) is 3. The van der Waals surface area contributed by atoms with Crippen LogP contribution in [0.4, 0.5) is 4.79 Å². The Morgan fingerprint density at radius 3 is 2.59 bits per heavy atom. The molecule has 0 bridgehead atoms. The molecule has 2 aromatic carbocycles. The number of methoxy groups -OCH3 is 1. The van der Waals surface area contributed by atoms with Gasteiger partial charge in [-0.05, 0) is 63.1 Å². The third-order valence-corrected chi connectivity index (χ3v) is 11.3. The minimum Gasteiger partial charge on any atom is -0.497 e. The van der Waals surface area contributed by atoms with E-state index >= 15 is 0 Å². The maximum absolute atomic E-state index is 14.0. The number of nitrogens with zero attached hydrogens (tertiary/aromatic N) is 2. The zero-order chi connectivity index (χ0) is 34.8. The fourth-order valence-electron chi connectivity index (χ4n) is 6.20. The molecule has 2 saturated carbocycles. The van der Waals surface area contributed by atoms with Crippen LogP contribution in [0.1, 0.15) is 61.7 Å². The summed E-state index contributed by atoms with van der Waals surface area (Å²) in [6.45, 7) is 0.469. The standard InChI is InChI=1S/C36H41N5O7S/c1-41-19-9-4-3-8-12-24-22-36(24,34(44)40-49(46,47)26-14-15-26)39-33(43)29(38-35(41)45)17-18-32(42)28-21-30(23-10-6-5-7-11-23)37-31-20-25(48-2)13-16-27(28)31/h5-8,10-13,16,20-21,24,26,29H,3-4,9,14-15,17-19,22H2,1-2H3,(H,38,45)(H,39,43)(H,40,44)/t24-,29+,36-/m1/s1. The maximum Gasteiger partial charge on any atom is 0.317 e. The van der Waals surface area contributed by atoms with Crippen LogP contribution in [0.2, 0.25) is 0 Å². The van der Waals surface area contributed by atoms with Crippen molar-refractivity contribution in [1.82, 2.24) is 25.2 Å². The Balaban J connectivity index is 1.28. The van der Waals surface area contributed by atoms with Crippen molar-refractivity contribution in [3.8, 4) is 17.0 Å². The Morgan fingerprint density at radius 1 is 1.08 bits per heavy atom. The SMILES string of the molecule is COc1ccc2c(C(=O)CC[C@@H]3NC(=O)N(C)CCCCC=C[C@@H]4C[C@@]4(C(=O)NS(=O)(=O)C4CC4)NC3=O)cc(-c3ccccc3)nc2c1. The molecular weight excluding hydrogens is 646 g/mol. The van der Waals surface area contributed by atoms with Crippen LogP contribution in [0.3, 0.4) is 0 Å². The predicted molar refractivity (Wildman–Crippen MR) is 184 cm³/mol. The first-order chi connectivity index (χ1) is 23.5. The summed E-state index contributed by atoms with van der Waals surface area (Å²) in [7, 11) is -0.677. The van der Waals surface area contributed by atoms with E-state index in [2.05, 4.69) is 15.4 Å². The van der Waals surface area contributed by atoms with Gasteiger partial charge in [0.15, 0.2) is 5.78 Å². The van der Waals surface area contributed by atoms with E-state index in [1.807, 2.05) is 42.5 Å². The Bertz CT molecular complexity index is 1910. The van der Waals surface area contributed by atoms with Crippen molar-refractivity contribution >= 4 is 44.6 Å². The van der Waals surface area contributed by atoms with E-state index in [0.29, 0.717) is 53.7 Å². The minimum atomic E-state index is -3.86. The number of rotatable bonds is 9. The van der Waals surface area contributed by atoms with Crippen molar-refractivity contribution < 1.29 is 32.3 Å². The van der Waals surface area contributed by atoms with Gasteiger partial charge in [-0.3, -0.25) is 19.1 Å². The van der Waals surface area contributed by atoms with E-state index in [4.69, 9.17) is 9.72 Å². The van der Waals surface area contributed by atoms with Crippen molar-refractivity contribution in [2.45, 2.75) is 68.2 Å². The van der Waals surface area contributed by atoms with E-state index in [1.54, 1.807) is 38.4 Å². The monoisotopic (exact) mass is 687 g/mol. The molecule has 2 fully saturated rings. The summed E-state index contributed by atoms with van der Waals surface area (Å²) in [6, 6.07) is 14.8. The number of amides is 4. The molecular formula is C36H41N5O7S. The number of allylic oxidation sites excluding steroid dienone is 1. The van der Waals surface area contributed by atoms with Gasteiger partial charge < -0.3 is 20.3 Å². The molecule has 0 saturated heterocycles. The highest BCUT2D eigenvalue weighted by Crippen LogP contribution is 2.46. The van der Waals surface area contributed by atoms with Gasteiger partial charge >= 0.3 is 6.03 Å². The summed E-state index contributed by atoms with van der Waals surface area (Å²) >= 11 is 0. The van der Waals surface area contributed by atoms with Crippen molar-refractivity contribution in [3.63, 3.8) is 0 Å². The maximum atomic E-state index is 14.0. The molecule has 49 heavy (non-hydrogen) atoms. The number of Topliss-reactive ketones (excluding diaryl/α,β-unsaturated/α-hetero) is 1. The van der Waals surface area contributed by atoms with Gasteiger partial charge in [-0.15, -0.1) is 0 Å². The van der Waals surface area contributed by atoms with Gasteiger partial charge in [0.05, 0.1) is 23.6 Å². The fraction of sp³-hybridized carbons (Fsp3) is 0.417. The molecule has 6 rings (SSSR count). The van der Waals surface area contributed by atoms with Crippen LogP contribution in [0.5, 0.6) is 5.75 Å². The Labute approximate surface area is 285 Å². The average Bonchev–Trinajstić information content (AvgIpc) is 4.03. The summed E-state index contributed by atoms with van der Waals surface area (Å²) in [5, 5.41) is 5.55. The average molecular weight is 688 g/mol. The highest BCUT2D eigenvalue weighted by molar-refractivity contribution is 7.91. The number of hydrogen-bond acceptors (Lipinski definition) is 8. The van der Waals surface area contributed by atoms with Crippen LogP contribution >= 0.6 is 0 Å². The van der Waals surface area contributed by atoms with E-state index in [1.165, 1.54) is 4.90 Å². The van der Waals surface area contributed by atoms with Crippen molar-refractivity contribution in [2.75, 3.05) is 20.7 Å². The number of ether oxygens (including phenoxy) is 1. The van der Waals surface area contributed by atoms with Gasteiger partial charge in [0.1, 0.15) is 17.3 Å². The summed E-state index contributed by atoms with van der Waals surface area (Å²) in [5.74, 6) is -1.55. The van der Waals surface area contributed by atoms with Crippen molar-refractivity contribution in [3.05, 3.63) is 72.3 Å². The minimum absolute atomic E-state index is 0.0660. The molecule has 12 nitrogen and oxygen atoms in total. The third kappa shape index (κ3) is 7.61. The van der Waals surface area contributed by atoms with Crippen LogP contribution in [0.15, 0.2) is 66.7 Å². The van der Waals surface area contributed by atoms with Crippen molar-refractivity contribution in [1.29, 1.82) is 0 Å². The molecule has 3 atom stereocenters. The number of sulfonamides is 1. The number of nitrogens with one attached hydrogen (secondary N) is 3. The first kappa shape index (κ1) is 34.1. The van der Waals surface area contributed by atoms with Crippen LogP contribution < -0.4 is 20.1 Å². The molecule has 2 heterocycles. The van der Waals surface area contributed by atoms with Crippen LogP contribution in [-0.2, 0) is 19.6 Å².